The third kappa shape index (κ3) is 4.17. The van der Waals surface area contributed by atoms with Crippen molar-refractivity contribution in [3.05, 3.63) is 12.2 Å². The first-order valence-electron chi connectivity index (χ1n) is 4.62. The molecule has 0 bridgehead atoms. The molecule has 0 saturated carbocycles. The molecule has 17 heavy (non-hydrogen) atoms. The number of nitrogens with two attached hydrogens (primary N) is 1. The predicted octanol–water partition coefficient (Wildman–Crippen LogP) is -1.77. The van der Waals surface area contributed by atoms with Crippen LogP contribution in [0, 0.1) is 0 Å². The molecule has 1 aromatic rings. The van der Waals surface area contributed by atoms with Gasteiger partial charge in [-0.05, 0) is 6.92 Å². The van der Waals surface area contributed by atoms with E-state index in [-0.39, 0.29) is 19.3 Å². The van der Waals surface area contributed by atoms with Crippen LogP contribution >= 0.6 is 0 Å². The number of carbonyl (C=O) groups is 2. The minimum absolute atomic E-state index is 0.0621. The van der Waals surface area contributed by atoms with Crippen molar-refractivity contribution in [2.24, 2.45) is 5.73 Å². The Morgan fingerprint density at radius 1 is 1.65 bits per heavy atom. The largest absolute Gasteiger partial charge is 0.436 e. The number of esters is 1. The average Bonchev–Trinajstić information content (AvgIpc) is 2.72. The van der Waals surface area contributed by atoms with Gasteiger partial charge in [0.1, 0.15) is 19.2 Å². The van der Waals surface area contributed by atoms with Crippen LogP contribution < -0.4 is 5.73 Å². The number of primary amides is 1. The minimum atomic E-state index is -1.20. The van der Waals surface area contributed by atoms with Crippen molar-refractivity contribution in [3.8, 4) is 0 Å². The summed E-state index contributed by atoms with van der Waals surface area (Å²) in [6.45, 7) is 0.877. The summed E-state index contributed by atoms with van der Waals surface area (Å²) < 4.78 is 10.6. The van der Waals surface area contributed by atoms with Crippen LogP contribution in [-0.2, 0) is 21.0 Å². The molecule has 94 valence electrons. The zero-order chi connectivity index (χ0) is 12.8. The van der Waals surface area contributed by atoms with Crippen LogP contribution in [0.2, 0.25) is 0 Å². The predicted molar refractivity (Wildman–Crippen MR) is 52.3 cm³/mol. The Labute approximate surface area is 96.1 Å². The van der Waals surface area contributed by atoms with Gasteiger partial charge in [-0.1, -0.05) is 0 Å². The Hall–Kier alpha value is -2.00. The second-order valence-corrected chi connectivity index (χ2v) is 3.06. The van der Waals surface area contributed by atoms with E-state index in [0.29, 0.717) is 0 Å². The summed E-state index contributed by atoms with van der Waals surface area (Å²) >= 11 is 0. The molecule has 1 atom stereocenters. The van der Waals surface area contributed by atoms with E-state index in [9.17, 15) is 9.59 Å². The Morgan fingerprint density at radius 2 is 2.35 bits per heavy atom. The summed E-state index contributed by atoms with van der Waals surface area (Å²) in [6, 6.07) is 0. The maximum Gasteiger partial charge on any atom is 0.336 e. The molecule has 0 radical (unpaired) electrons. The van der Waals surface area contributed by atoms with E-state index in [1.54, 1.807) is 0 Å². The standard InChI is InChI=1S/C8H12N4O5/c1-5(13)8(15)17-4-16-3-12-2-10-7(11-12)6(9)14/h2,5,13H,3-4H2,1H3,(H2,9,14). The topological polar surface area (TPSA) is 130 Å². The summed E-state index contributed by atoms with van der Waals surface area (Å²) in [6.07, 6.45) is 0.0442. The number of aliphatic hydroxyl groups excluding tert-OH is 1. The second-order valence-electron chi connectivity index (χ2n) is 3.06. The van der Waals surface area contributed by atoms with Gasteiger partial charge in [0.05, 0.1) is 0 Å². The lowest BCUT2D eigenvalue weighted by Crippen LogP contribution is -2.21. The quantitative estimate of drug-likeness (QED) is 0.344. The lowest BCUT2D eigenvalue weighted by Gasteiger charge is -2.06. The van der Waals surface area contributed by atoms with Crippen molar-refractivity contribution in [2.75, 3.05) is 6.79 Å². The summed E-state index contributed by atoms with van der Waals surface area (Å²) in [5, 5.41) is 12.5. The molecule has 9 heteroatoms. The highest BCUT2D eigenvalue weighted by molar-refractivity contribution is 5.88. The van der Waals surface area contributed by atoms with Gasteiger partial charge in [0.2, 0.25) is 5.82 Å². The van der Waals surface area contributed by atoms with E-state index in [1.165, 1.54) is 17.9 Å². The number of aromatic nitrogens is 3. The highest BCUT2D eigenvalue weighted by Crippen LogP contribution is 1.91. The fourth-order valence-electron chi connectivity index (χ4n) is 0.821. The van der Waals surface area contributed by atoms with E-state index in [0.717, 1.165) is 0 Å². The van der Waals surface area contributed by atoms with E-state index in [2.05, 4.69) is 14.8 Å². The number of amides is 1. The van der Waals surface area contributed by atoms with E-state index >= 15 is 0 Å². The molecule has 0 aliphatic rings. The maximum absolute atomic E-state index is 10.8. The number of carbonyl (C=O) groups excluding carboxylic acids is 2. The van der Waals surface area contributed by atoms with Crippen LogP contribution in [0.1, 0.15) is 17.5 Å². The van der Waals surface area contributed by atoms with Crippen LogP contribution in [0.15, 0.2) is 6.33 Å². The molecular weight excluding hydrogens is 232 g/mol. The number of hydrogen-bond acceptors (Lipinski definition) is 7. The lowest BCUT2D eigenvalue weighted by atomic mass is 10.4. The maximum atomic E-state index is 10.8. The van der Waals surface area contributed by atoms with Crippen LogP contribution in [0.5, 0.6) is 0 Å². The number of nitrogens with zero attached hydrogens (tertiary/aromatic N) is 3. The Bertz CT molecular complexity index is 402. The van der Waals surface area contributed by atoms with Gasteiger partial charge in [0.15, 0.2) is 6.79 Å². The zero-order valence-electron chi connectivity index (χ0n) is 9.07. The van der Waals surface area contributed by atoms with Crippen molar-refractivity contribution in [2.45, 2.75) is 19.8 Å². The molecule has 1 heterocycles. The van der Waals surface area contributed by atoms with Crippen LogP contribution in [-0.4, -0.2) is 44.6 Å². The van der Waals surface area contributed by atoms with Gasteiger partial charge in [-0.15, -0.1) is 5.10 Å². The molecule has 1 unspecified atom stereocenters. The van der Waals surface area contributed by atoms with Gasteiger partial charge >= 0.3 is 5.97 Å². The summed E-state index contributed by atoms with van der Waals surface area (Å²) in [5.41, 5.74) is 4.94. The fourth-order valence-corrected chi connectivity index (χ4v) is 0.821. The van der Waals surface area contributed by atoms with Crippen LogP contribution in [0.3, 0.4) is 0 Å². The molecule has 0 aliphatic carbocycles. The average molecular weight is 244 g/mol. The van der Waals surface area contributed by atoms with Gasteiger partial charge in [-0.2, -0.15) is 0 Å². The highest BCUT2D eigenvalue weighted by Gasteiger charge is 2.10. The number of rotatable bonds is 6. The first kappa shape index (κ1) is 13.1. The van der Waals surface area contributed by atoms with E-state index < -0.39 is 18.0 Å². The molecule has 1 aromatic heterocycles. The molecule has 3 N–H and O–H groups in total. The van der Waals surface area contributed by atoms with Crippen LogP contribution in [0.25, 0.3) is 0 Å². The van der Waals surface area contributed by atoms with Crippen molar-refractivity contribution < 1.29 is 24.2 Å². The van der Waals surface area contributed by atoms with Crippen molar-refractivity contribution in [3.63, 3.8) is 0 Å². The minimum Gasteiger partial charge on any atom is -0.436 e. The highest BCUT2D eigenvalue weighted by atomic mass is 16.7. The molecule has 0 fully saturated rings. The van der Waals surface area contributed by atoms with Crippen molar-refractivity contribution in [1.29, 1.82) is 0 Å². The molecule has 0 saturated heterocycles. The Balaban J connectivity index is 2.26. The van der Waals surface area contributed by atoms with Gasteiger partial charge in [0.25, 0.3) is 5.91 Å². The van der Waals surface area contributed by atoms with Crippen LogP contribution in [0.4, 0.5) is 0 Å². The fraction of sp³-hybridized carbons (Fsp3) is 0.500. The number of ether oxygens (including phenoxy) is 2. The Morgan fingerprint density at radius 3 is 2.88 bits per heavy atom. The smallest absolute Gasteiger partial charge is 0.336 e. The van der Waals surface area contributed by atoms with Gasteiger partial charge in [-0.3, -0.25) is 4.79 Å². The first-order valence-corrected chi connectivity index (χ1v) is 4.62. The van der Waals surface area contributed by atoms with Gasteiger partial charge < -0.3 is 20.3 Å². The summed E-state index contributed by atoms with van der Waals surface area (Å²) in [7, 11) is 0. The van der Waals surface area contributed by atoms with Gasteiger partial charge in [0, 0.05) is 0 Å². The molecule has 9 nitrogen and oxygen atoms in total. The summed E-state index contributed by atoms with van der Waals surface area (Å²) in [5.74, 6) is -1.67. The Kier molecular flexibility index (Phi) is 4.55. The SMILES string of the molecule is CC(O)C(=O)OCOCn1cnc(C(N)=O)n1. The monoisotopic (exact) mass is 244 g/mol. The van der Waals surface area contributed by atoms with Crippen molar-refractivity contribution in [1.82, 2.24) is 14.8 Å². The lowest BCUT2D eigenvalue weighted by molar-refractivity contribution is -0.168. The number of aliphatic hydroxyl groups is 1. The molecular formula is C8H12N4O5. The third-order valence-electron chi connectivity index (χ3n) is 1.61. The molecule has 1 amide bonds. The number of hydrogen-bond donors (Lipinski definition) is 2. The molecule has 0 aliphatic heterocycles. The molecule has 1 rings (SSSR count). The van der Waals surface area contributed by atoms with E-state index in [1.807, 2.05) is 0 Å². The van der Waals surface area contributed by atoms with Gasteiger partial charge in [-0.25, -0.2) is 14.5 Å². The summed E-state index contributed by atoms with van der Waals surface area (Å²) in [4.78, 5) is 25.1. The van der Waals surface area contributed by atoms with E-state index in [4.69, 9.17) is 15.6 Å². The normalized spacial score (nSPS) is 12.1. The molecule has 0 aromatic carbocycles. The second kappa shape index (κ2) is 5.92. The zero-order valence-corrected chi connectivity index (χ0v) is 9.07. The van der Waals surface area contributed by atoms with Crippen molar-refractivity contribution >= 4 is 11.9 Å². The third-order valence-corrected chi connectivity index (χ3v) is 1.61. The first-order chi connectivity index (χ1) is 8.00. The molecule has 0 spiro atoms.